The van der Waals surface area contributed by atoms with Gasteiger partial charge < -0.3 is 20.7 Å². The van der Waals surface area contributed by atoms with Crippen molar-refractivity contribution in [3.8, 4) is 5.75 Å². The molecule has 1 fully saturated rings. The van der Waals surface area contributed by atoms with Crippen LogP contribution in [0.15, 0.2) is 54.8 Å². The maximum absolute atomic E-state index is 14.1. The van der Waals surface area contributed by atoms with Crippen LogP contribution in [0.4, 0.5) is 8.78 Å². The highest BCUT2D eigenvalue weighted by atomic mass is 19.3. The molecule has 2 aromatic carbocycles. The summed E-state index contributed by atoms with van der Waals surface area (Å²) in [5.41, 5.74) is 2.08. The highest BCUT2D eigenvalue weighted by molar-refractivity contribution is 6.02. The van der Waals surface area contributed by atoms with Crippen LogP contribution in [0.5, 0.6) is 5.75 Å². The molecule has 0 spiro atoms. The van der Waals surface area contributed by atoms with Crippen LogP contribution in [-0.2, 0) is 0 Å². The molecule has 1 unspecified atom stereocenters. The van der Waals surface area contributed by atoms with Gasteiger partial charge in [0.25, 0.3) is 17.7 Å². The van der Waals surface area contributed by atoms with Crippen molar-refractivity contribution >= 4 is 11.8 Å². The van der Waals surface area contributed by atoms with E-state index < -0.39 is 23.7 Å². The second-order valence-corrected chi connectivity index (χ2v) is 8.39. The Hall–Kier alpha value is -3.26. The fourth-order valence-electron chi connectivity index (χ4n) is 4.45. The zero-order valence-corrected chi connectivity index (χ0v) is 18.4. The first-order valence-corrected chi connectivity index (χ1v) is 11.0. The van der Waals surface area contributed by atoms with E-state index in [0.29, 0.717) is 23.6 Å². The lowest BCUT2D eigenvalue weighted by Crippen LogP contribution is -2.45. The second-order valence-electron chi connectivity index (χ2n) is 8.39. The van der Waals surface area contributed by atoms with Gasteiger partial charge in [0.1, 0.15) is 11.5 Å². The molecule has 0 radical (unpaired) electrons. The number of hydrogen-bond donors (Lipinski definition) is 3. The smallest absolute Gasteiger partial charge is 0.254 e. The molecule has 2 aliphatic heterocycles. The van der Waals surface area contributed by atoms with Crippen molar-refractivity contribution in [2.24, 2.45) is 5.92 Å². The number of nitrogens with one attached hydrogen (secondary N) is 3. The van der Waals surface area contributed by atoms with Gasteiger partial charge in [-0.05, 0) is 24.1 Å². The average Bonchev–Trinajstić information content (AvgIpc) is 3.14. The Labute approximate surface area is 191 Å². The van der Waals surface area contributed by atoms with Gasteiger partial charge in [0, 0.05) is 50.1 Å². The van der Waals surface area contributed by atoms with Crippen LogP contribution >= 0.6 is 0 Å². The van der Waals surface area contributed by atoms with E-state index >= 15 is 0 Å². The lowest BCUT2D eigenvalue weighted by atomic mass is 9.89. The molecule has 8 heteroatoms. The number of piperidine rings is 1. The van der Waals surface area contributed by atoms with E-state index in [2.05, 4.69) is 22.5 Å². The minimum absolute atomic E-state index is 0.110. The summed E-state index contributed by atoms with van der Waals surface area (Å²) < 4.78 is 34.0. The monoisotopic (exact) mass is 455 g/mol. The SMILES string of the molecule is C=C1Oc2c(C(=O)NC)cc(C(=O)NCCC3CNCCC3(F)F)cc2[C@@H]1c1ccccc1. The van der Waals surface area contributed by atoms with Crippen molar-refractivity contribution in [3.63, 3.8) is 0 Å². The highest BCUT2D eigenvalue weighted by Gasteiger charge is 2.41. The number of allylic oxidation sites excluding steroid dienone is 1. The van der Waals surface area contributed by atoms with Crippen LogP contribution in [0, 0.1) is 5.92 Å². The van der Waals surface area contributed by atoms with Gasteiger partial charge in [0.05, 0.1) is 11.5 Å². The van der Waals surface area contributed by atoms with Crippen molar-refractivity contribution in [2.45, 2.75) is 24.7 Å². The topological polar surface area (TPSA) is 79.5 Å². The van der Waals surface area contributed by atoms with Gasteiger partial charge in [-0.15, -0.1) is 0 Å². The van der Waals surface area contributed by atoms with Gasteiger partial charge in [0.2, 0.25) is 0 Å². The molecule has 2 amide bonds. The summed E-state index contributed by atoms with van der Waals surface area (Å²) in [7, 11) is 1.50. The summed E-state index contributed by atoms with van der Waals surface area (Å²) in [6, 6.07) is 12.7. The second kappa shape index (κ2) is 9.31. The number of hydrogen-bond acceptors (Lipinski definition) is 4. The normalized spacial score (nSPS) is 21.1. The minimum Gasteiger partial charge on any atom is -0.460 e. The minimum atomic E-state index is -2.74. The van der Waals surface area contributed by atoms with Crippen LogP contribution in [0.1, 0.15) is 50.6 Å². The molecule has 2 aromatic rings. The maximum atomic E-state index is 14.1. The number of carbonyl (C=O) groups is 2. The van der Waals surface area contributed by atoms with Crippen molar-refractivity contribution in [2.75, 3.05) is 26.7 Å². The third kappa shape index (κ3) is 4.61. The largest absolute Gasteiger partial charge is 0.460 e. The van der Waals surface area contributed by atoms with Gasteiger partial charge in [0.15, 0.2) is 0 Å². The molecule has 3 N–H and O–H groups in total. The predicted octanol–water partition coefficient (Wildman–Crippen LogP) is 3.45. The molecule has 0 aromatic heterocycles. The number of fused-ring (bicyclic) bond motifs is 1. The van der Waals surface area contributed by atoms with Gasteiger partial charge in [-0.3, -0.25) is 9.59 Å². The number of alkyl halides is 2. The third-order valence-corrected chi connectivity index (χ3v) is 6.25. The van der Waals surface area contributed by atoms with E-state index in [4.69, 9.17) is 4.74 Å². The zero-order chi connectivity index (χ0) is 23.6. The molecular weight excluding hydrogens is 428 g/mol. The van der Waals surface area contributed by atoms with Crippen LogP contribution in [-0.4, -0.2) is 44.4 Å². The Balaban J connectivity index is 1.58. The molecule has 0 bridgehead atoms. The number of benzene rings is 2. The summed E-state index contributed by atoms with van der Waals surface area (Å²) in [5.74, 6) is -3.88. The first kappa shape index (κ1) is 22.9. The summed E-state index contributed by atoms with van der Waals surface area (Å²) in [5, 5.41) is 8.28. The molecule has 6 nitrogen and oxygen atoms in total. The Morgan fingerprint density at radius 3 is 2.67 bits per heavy atom. The summed E-state index contributed by atoms with van der Waals surface area (Å²) in [4.78, 5) is 25.5. The number of ether oxygens (including phenoxy) is 1. The lowest BCUT2D eigenvalue weighted by molar-refractivity contribution is -0.0801. The van der Waals surface area contributed by atoms with E-state index in [1.165, 1.54) is 13.1 Å². The number of halogens is 2. The van der Waals surface area contributed by atoms with Gasteiger partial charge in [-0.1, -0.05) is 36.9 Å². The first-order valence-electron chi connectivity index (χ1n) is 11.0. The quantitative estimate of drug-likeness (QED) is 0.624. The predicted molar refractivity (Wildman–Crippen MR) is 121 cm³/mol. The molecule has 2 heterocycles. The van der Waals surface area contributed by atoms with Crippen molar-refractivity contribution < 1.29 is 23.1 Å². The number of carbonyl (C=O) groups excluding carboxylic acids is 2. The molecule has 0 aliphatic carbocycles. The van der Waals surface area contributed by atoms with Gasteiger partial charge in [-0.2, -0.15) is 0 Å². The lowest BCUT2D eigenvalue weighted by Gasteiger charge is -2.31. The Bertz CT molecular complexity index is 1070. The first-order chi connectivity index (χ1) is 15.8. The summed E-state index contributed by atoms with van der Waals surface area (Å²) >= 11 is 0. The fraction of sp³-hybridized carbons (Fsp3) is 0.360. The zero-order valence-electron chi connectivity index (χ0n) is 18.4. The van der Waals surface area contributed by atoms with Crippen LogP contribution in [0.25, 0.3) is 0 Å². The molecule has 2 aliphatic rings. The number of rotatable bonds is 6. The maximum Gasteiger partial charge on any atom is 0.254 e. The Morgan fingerprint density at radius 2 is 1.97 bits per heavy atom. The van der Waals surface area contributed by atoms with E-state index in [0.717, 1.165) is 5.56 Å². The average molecular weight is 456 g/mol. The molecular formula is C25H27F2N3O3. The van der Waals surface area contributed by atoms with Gasteiger partial charge >= 0.3 is 0 Å². The molecule has 33 heavy (non-hydrogen) atoms. The highest BCUT2D eigenvalue weighted by Crippen LogP contribution is 2.46. The van der Waals surface area contributed by atoms with Crippen molar-refractivity contribution in [3.05, 3.63) is 77.1 Å². The third-order valence-electron chi connectivity index (χ3n) is 6.25. The van der Waals surface area contributed by atoms with Crippen LogP contribution < -0.4 is 20.7 Å². The summed E-state index contributed by atoms with van der Waals surface area (Å²) in [6.07, 6.45) is -0.0395. The standard InChI is InChI=1S/C25H27F2N3O3/c1-15-21(16-6-4-3-5-7-16)19-12-17(13-20(22(19)33-15)24(32)28-2)23(31)30-10-8-18-14-29-11-9-25(18,26)27/h3-7,12-13,18,21,29H,1,8-11,14H2,2H3,(H,28,32)(H,30,31)/t18?,21-/m0/s1. The Kier molecular flexibility index (Phi) is 6.47. The molecule has 4 rings (SSSR count). The van der Waals surface area contributed by atoms with Gasteiger partial charge in [-0.25, -0.2) is 8.78 Å². The van der Waals surface area contributed by atoms with E-state index in [9.17, 15) is 18.4 Å². The fourth-order valence-corrected chi connectivity index (χ4v) is 4.45. The van der Waals surface area contributed by atoms with E-state index in [1.54, 1.807) is 6.07 Å². The molecule has 1 saturated heterocycles. The van der Waals surface area contributed by atoms with Crippen LogP contribution in [0.2, 0.25) is 0 Å². The molecule has 0 saturated carbocycles. The van der Waals surface area contributed by atoms with E-state index in [1.807, 2.05) is 30.3 Å². The number of amides is 2. The van der Waals surface area contributed by atoms with Crippen molar-refractivity contribution in [1.82, 2.24) is 16.0 Å². The van der Waals surface area contributed by atoms with Crippen LogP contribution in [0.3, 0.4) is 0 Å². The Morgan fingerprint density at radius 1 is 1.21 bits per heavy atom. The summed E-state index contributed by atoms with van der Waals surface area (Å²) in [6.45, 7) is 4.64. The van der Waals surface area contributed by atoms with Crippen molar-refractivity contribution in [1.29, 1.82) is 0 Å². The molecule has 2 atom stereocenters. The molecule has 174 valence electrons. The van der Waals surface area contributed by atoms with E-state index in [-0.39, 0.29) is 43.0 Å².